The van der Waals surface area contributed by atoms with Crippen LogP contribution in [0.1, 0.15) is 18.5 Å². The molecule has 1 unspecified atom stereocenters. The van der Waals surface area contributed by atoms with E-state index in [9.17, 15) is 4.39 Å². The van der Waals surface area contributed by atoms with Crippen molar-refractivity contribution in [3.63, 3.8) is 0 Å². The largest absolute Gasteiger partial charge is 0.324 e. The van der Waals surface area contributed by atoms with Crippen LogP contribution < -0.4 is 5.73 Å². The molecule has 3 nitrogen and oxygen atoms in total. The Morgan fingerprint density at radius 2 is 2.27 bits per heavy atom. The summed E-state index contributed by atoms with van der Waals surface area (Å²) < 4.78 is 15.1. The molecule has 0 spiro atoms. The Labute approximate surface area is 87.3 Å². The van der Waals surface area contributed by atoms with Crippen LogP contribution in [0.3, 0.4) is 0 Å². The molecule has 4 heteroatoms. The summed E-state index contributed by atoms with van der Waals surface area (Å²) in [6.07, 6.45) is 3.31. The van der Waals surface area contributed by atoms with Crippen LogP contribution in [0.5, 0.6) is 0 Å². The molecule has 1 aromatic carbocycles. The van der Waals surface area contributed by atoms with Crippen molar-refractivity contribution in [2.24, 2.45) is 5.73 Å². The van der Waals surface area contributed by atoms with Crippen LogP contribution >= 0.6 is 0 Å². The Bertz CT molecular complexity index is 449. The molecule has 0 radical (unpaired) electrons. The van der Waals surface area contributed by atoms with Gasteiger partial charge in [0.25, 0.3) is 0 Å². The van der Waals surface area contributed by atoms with Gasteiger partial charge in [-0.05, 0) is 30.7 Å². The Balaban J connectivity index is 2.44. The zero-order valence-electron chi connectivity index (χ0n) is 8.39. The standard InChI is InChI=1S/C11H12FN3/c1-8(13)9-3-4-11(10(12)7-9)15-6-2-5-14-15/h2-8H,13H2,1H3. The number of hydrogen-bond donors (Lipinski definition) is 1. The van der Waals surface area contributed by atoms with Crippen molar-refractivity contribution in [2.75, 3.05) is 0 Å². The highest BCUT2D eigenvalue weighted by molar-refractivity contribution is 5.36. The summed E-state index contributed by atoms with van der Waals surface area (Å²) in [5, 5.41) is 3.97. The molecule has 2 N–H and O–H groups in total. The van der Waals surface area contributed by atoms with Crippen LogP contribution in [0.2, 0.25) is 0 Å². The molecule has 0 aliphatic heterocycles. The van der Waals surface area contributed by atoms with Crippen LogP contribution in [-0.2, 0) is 0 Å². The Morgan fingerprint density at radius 3 is 2.80 bits per heavy atom. The molecule has 1 heterocycles. The predicted molar refractivity (Wildman–Crippen MR) is 56.1 cm³/mol. The van der Waals surface area contributed by atoms with Gasteiger partial charge in [0.2, 0.25) is 0 Å². The first-order valence-corrected chi connectivity index (χ1v) is 4.73. The fourth-order valence-corrected chi connectivity index (χ4v) is 1.40. The normalized spacial score (nSPS) is 12.7. The van der Waals surface area contributed by atoms with Gasteiger partial charge in [-0.1, -0.05) is 6.07 Å². The lowest BCUT2D eigenvalue weighted by atomic mass is 10.1. The summed E-state index contributed by atoms with van der Waals surface area (Å²) in [4.78, 5) is 0. The minimum Gasteiger partial charge on any atom is -0.324 e. The van der Waals surface area contributed by atoms with Crippen LogP contribution in [0.25, 0.3) is 5.69 Å². The average molecular weight is 205 g/mol. The van der Waals surface area contributed by atoms with Crippen LogP contribution in [-0.4, -0.2) is 9.78 Å². The van der Waals surface area contributed by atoms with E-state index in [4.69, 9.17) is 5.73 Å². The fraction of sp³-hybridized carbons (Fsp3) is 0.182. The van der Waals surface area contributed by atoms with Crippen molar-refractivity contribution in [1.29, 1.82) is 0 Å². The quantitative estimate of drug-likeness (QED) is 0.815. The minimum absolute atomic E-state index is 0.161. The Morgan fingerprint density at radius 1 is 1.47 bits per heavy atom. The van der Waals surface area contributed by atoms with Crippen molar-refractivity contribution in [3.8, 4) is 5.69 Å². The highest BCUT2D eigenvalue weighted by Gasteiger charge is 2.07. The second-order valence-electron chi connectivity index (χ2n) is 3.45. The maximum absolute atomic E-state index is 13.7. The molecule has 0 aliphatic carbocycles. The number of halogens is 1. The maximum Gasteiger partial charge on any atom is 0.149 e. The molecular formula is C11H12FN3. The average Bonchev–Trinajstić information content (AvgIpc) is 2.70. The van der Waals surface area contributed by atoms with Gasteiger partial charge in [-0.2, -0.15) is 5.10 Å². The molecule has 0 bridgehead atoms. The maximum atomic E-state index is 13.7. The van der Waals surface area contributed by atoms with E-state index in [0.717, 1.165) is 5.56 Å². The molecule has 15 heavy (non-hydrogen) atoms. The second-order valence-corrected chi connectivity index (χ2v) is 3.45. The third-order valence-corrected chi connectivity index (χ3v) is 2.25. The van der Waals surface area contributed by atoms with E-state index in [2.05, 4.69) is 5.10 Å². The molecular weight excluding hydrogens is 193 g/mol. The van der Waals surface area contributed by atoms with Crippen molar-refractivity contribution < 1.29 is 4.39 Å². The first kappa shape index (κ1) is 9.86. The molecule has 0 saturated carbocycles. The Hall–Kier alpha value is -1.68. The van der Waals surface area contributed by atoms with E-state index in [1.165, 1.54) is 10.7 Å². The lowest BCUT2D eigenvalue weighted by Gasteiger charge is -2.08. The van der Waals surface area contributed by atoms with Gasteiger partial charge >= 0.3 is 0 Å². The predicted octanol–water partition coefficient (Wildman–Crippen LogP) is 2.03. The monoisotopic (exact) mass is 205 g/mol. The lowest BCUT2D eigenvalue weighted by molar-refractivity contribution is 0.606. The van der Waals surface area contributed by atoms with Gasteiger partial charge in [-0.15, -0.1) is 0 Å². The topological polar surface area (TPSA) is 43.8 Å². The third-order valence-electron chi connectivity index (χ3n) is 2.25. The van der Waals surface area contributed by atoms with Crippen molar-refractivity contribution in [3.05, 3.63) is 48.0 Å². The molecule has 0 amide bonds. The lowest BCUT2D eigenvalue weighted by Crippen LogP contribution is -2.06. The van der Waals surface area contributed by atoms with E-state index in [1.807, 2.05) is 13.0 Å². The summed E-state index contributed by atoms with van der Waals surface area (Å²) in [6.45, 7) is 1.82. The summed E-state index contributed by atoms with van der Waals surface area (Å²) >= 11 is 0. The number of benzene rings is 1. The molecule has 0 aliphatic rings. The van der Waals surface area contributed by atoms with E-state index in [-0.39, 0.29) is 11.9 Å². The zero-order chi connectivity index (χ0) is 10.8. The van der Waals surface area contributed by atoms with Gasteiger partial charge in [-0.25, -0.2) is 9.07 Å². The van der Waals surface area contributed by atoms with E-state index in [1.54, 1.807) is 24.5 Å². The third kappa shape index (κ3) is 1.89. The van der Waals surface area contributed by atoms with Crippen molar-refractivity contribution in [2.45, 2.75) is 13.0 Å². The van der Waals surface area contributed by atoms with E-state index in [0.29, 0.717) is 5.69 Å². The molecule has 1 atom stereocenters. The Kier molecular flexibility index (Phi) is 2.51. The molecule has 2 aromatic rings. The summed E-state index contributed by atoms with van der Waals surface area (Å²) in [6, 6.07) is 6.53. The highest BCUT2D eigenvalue weighted by atomic mass is 19.1. The van der Waals surface area contributed by atoms with Gasteiger partial charge < -0.3 is 5.73 Å². The number of nitrogens with zero attached hydrogens (tertiary/aromatic N) is 2. The number of rotatable bonds is 2. The molecule has 78 valence electrons. The van der Waals surface area contributed by atoms with E-state index < -0.39 is 0 Å². The second kappa shape index (κ2) is 3.82. The van der Waals surface area contributed by atoms with Crippen LogP contribution in [0.4, 0.5) is 4.39 Å². The summed E-state index contributed by atoms with van der Waals surface area (Å²) in [7, 11) is 0. The zero-order valence-corrected chi connectivity index (χ0v) is 8.39. The van der Waals surface area contributed by atoms with Crippen molar-refractivity contribution in [1.82, 2.24) is 9.78 Å². The summed E-state index contributed by atoms with van der Waals surface area (Å²) in [5.41, 5.74) is 6.88. The van der Waals surface area contributed by atoms with Gasteiger partial charge in [0.1, 0.15) is 11.5 Å². The number of aromatic nitrogens is 2. The SMILES string of the molecule is CC(N)c1ccc(-n2cccn2)c(F)c1. The molecule has 1 aromatic heterocycles. The smallest absolute Gasteiger partial charge is 0.149 e. The molecule has 0 fully saturated rings. The van der Waals surface area contributed by atoms with Gasteiger partial charge in [0.15, 0.2) is 0 Å². The first-order valence-electron chi connectivity index (χ1n) is 4.73. The van der Waals surface area contributed by atoms with Gasteiger partial charge in [-0.3, -0.25) is 0 Å². The molecule has 2 rings (SSSR count). The number of nitrogens with two attached hydrogens (primary N) is 1. The minimum atomic E-state index is -0.312. The summed E-state index contributed by atoms with van der Waals surface area (Å²) in [5.74, 6) is -0.312. The fourth-order valence-electron chi connectivity index (χ4n) is 1.40. The highest BCUT2D eigenvalue weighted by Crippen LogP contribution is 2.17. The van der Waals surface area contributed by atoms with Gasteiger partial charge in [0, 0.05) is 18.4 Å². The molecule has 0 saturated heterocycles. The van der Waals surface area contributed by atoms with Crippen molar-refractivity contribution >= 4 is 0 Å². The van der Waals surface area contributed by atoms with Gasteiger partial charge in [0.05, 0.1) is 0 Å². The van der Waals surface area contributed by atoms with E-state index >= 15 is 0 Å². The first-order chi connectivity index (χ1) is 7.18. The van der Waals surface area contributed by atoms with Crippen LogP contribution in [0.15, 0.2) is 36.7 Å². The van der Waals surface area contributed by atoms with Crippen LogP contribution in [0, 0.1) is 5.82 Å². The number of hydrogen-bond acceptors (Lipinski definition) is 2.